The van der Waals surface area contributed by atoms with Gasteiger partial charge in [-0.3, -0.25) is 19.6 Å². The fourth-order valence-corrected chi connectivity index (χ4v) is 7.68. The van der Waals surface area contributed by atoms with Crippen LogP contribution in [0.3, 0.4) is 0 Å². The van der Waals surface area contributed by atoms with Gasteiger partial charge in [-0.05, 0) is 78.6 Å². The van der Waals surface area contributed by atoms with Gasteiger partial charge in [0.1, 0.15) is 12.4 Å². The van der Waals surface area contributed by atoms with Gasteiger partial charge in [0, 0.05) is 37.7 Å². The molecular formula is C43H44N4O8. The number of rotatable bonds is 13. The Morgan fingerprint density at radius 1 is 0.618 bits per heavy atom. The third-order valence-corrected chi connectivity index (χ3v) is 10.6. The van der Waals surface area contributed by atoms with Crippen LogP contribution in [-0.2, 0) is 25.9 Å². The van der Waals surface area contributed by atoms with Crippen LogP contribution in [0.2, 0.25) is 0 Å². The minimum atomic E-state index is -0.184. The molecule has 0 saturated heterocycles. The van der Waals surface area contributed by atoms with Crippen LogP contribution in [0.25, 0.3) is 0 Å². The molecule has 0 aliphatic carbocycles. The Morgan fingerprint density at radius 2 is 1.16 bits per heavy atom. The molecule has 0 spiro atoms. The summed E-state index contributed by atoms with van der Waals surface area (Å²) in [5.74, 6) is 2.52. The molecule has 2 amide bonds. The Kier molecular flexibility index (Phi) is 10.4. The number of hydrogen-bond donors (Lipinski definition) is 1. The molecule has 284 valence electrons. The van der Waals surface area contributed by atoms with E-state index in [1.807, 2.05) is 52.6 Å². The first-order valence-corrected chi connectivity index (χ1v) is 18.8. The Bertz CT molecular complexity index is 2170. The lowest BCUT2D eigenvalue weighted by Crippen LogP contribution is -2.44. The highest BCUT2D eigenvalue weighted by Gasteiger charge is 2.35. The normalized spacial score (nSPS) is 17.8. The van der Waals surface area contributed by atoms with Gasteiger partial charge in [0.15, 0.2) is 23.0 Å². The lowest BCUT2D eigenvalue weighted by Gasteiger charge is -2.34. The molecule has 0 bridgehead atoms. The van der Waals surface area contributed by atoms with Gasteiger partial charge >= 0.3 is 0 Å². The molecule has 0 aromatic heterocycles. The molecule has 12 heteroatoms. The van der Waals surface area contributed by atoms with Crippen molar-refractivity contribution >= 4 is 35.6 Å². The maximum absolute atomic E-state index is 13.9. The van der Waals surface area contributed by atoms with Crippen molar-refractivity contribution < 1.29 is 38.4 Å². The van der Waals surface area contributed by atoms with E-state index in [0.717, 1.165) is 42.4 Å². The fraction of sp³-hybridized carbons (Fsp3) is 0.349. The van der Waals surface area contributed by atoms with Crippen LogP contribution in [0.5, 0.6) is 28.7 Å². The Labute approximate surface area is 320 Å². The van der Waals surface area contributed by atoms with Crippen molar-refractivity contribution in [2.45, 2.75) is 57.3 Å². The highest BCUT2D eigenvalue weighted by Crippen LogP contribution is 2.40. The monoisotopic (exact) mass is 744 g/mol. The van der Waals surface area contributed by atoms with Crippen molar-refractivity contribution in [2.75, 3.05) is 40.6 Å². The molecule has 4 aromatic rings. The Balaban J connectivity index is 0.858. The molecule has 1 N–H and O–H groups in total. The predicted octanol–water partition coefficient (Wildman–Crippen LogP) is 6.27. The number of amides is 2. The molecule has 12 nitrogen and oxygen atoms in total. The van der Waals surface area contributed by atoms with Gasteiger partial charge in [-0.15, -0.1) is 0 Å². The van der Waals surface area contributed by atoms with Crippen LogP contribution in [0.1, 0.15) is 62.2 Å². The van der Waals surface area contributed by atoms with Crippen molar-refractivity contribution in [3.8, 4) is 28.7 Å². The second kappa shape index (κ2) is 15.8. The lowest BCUT2D eigenvalue weighted by atomic mass is 9.93. The van der Waals surface area contributed by atoms with E-state index >= 15 is 0 Å². The van der Waals surface area contributed by atoms with Crippen LogP contribution in [-0.4, -0.2) is 91.9 Å². The average Bonchev–Trinajstić information content (AvgIpc) is 3.43. The Hall–Kier alpha value is -5.88. The first-order valence-electron chi connectivity index (χ1n) is 18.8. The van der Waals surface area contributed by atoms with E-state index < -0.39 is 0 Å². The van der Waals surface area contributed by atoms with Crippen molar-refractivity contribution in [3.05, 3.63) is 100 Å². The molecule has 4 aromatic carbocycles. The molecule has 4 heterocycles. The SMILES string of the molecule is COc1cc2c(cc1OCCCCCOc1cc3c(cc1OC)C(=O)N1Cc4cc(OCCO)ccc4C[C@H]1C=N3)N=C[C@@H]1Cc3ccccc3CN1C2=O. The third kappa shape index (κ3) is 7.34. The highest BCUT2D eigenvalue weighted by molar-refractivity contribution is 6.04. The van der Waals surface area contributed by atoms with E-state index in [9.17, 15) is 9.59 Å². The molecule has 4 aliphatic rings. The number of aliphatic imine (C=N–C) groups is 2. The molecule has 4 aliphatic heterocycles. The molecule has 2 atom stereocenters. The number of carbonyl (C=O) groups is 2. The molecular weight excluding hydrogens is 700 g/mol. The standard InChI is InChI=1S/C43H44N4O8/c1-51-38-19-34-36(44-23-31-16-27-8-4-5-9-29(27)25-46(31)42(34)49)21-40(38)54-13-6-3-7-14-55-41-22-37-35(20-39(41)52-2)43(50)47-26-30-18-33(53-15-12-48)11-10-28(30)17-32(47)24-45-37/h4-5,8-11,18-24,31-32,48H,3,6-7,12-17,25-26H2,1-2H3/t31-,32-/m0/s1. The number of aliphatic hydroxyl groups is 1. The van der Waals surface area contributed by atoms with Crippen molar-refractivity contribution in [1.82, 2.24) is 9.80 Å². The van der Waals surface area contributed by atoms with Gasteiger partial charge in [0.25, 0.3) is 11.8 Å². The van der Waals surface area contributed by atoms with Gasteiger partial charge in [-0.25, -0.2) is 0 Å². The summed E-state index contributed by atoms with van der Waals surface area (Å²) in [6.07, 6.45) is 7.47. The topological polar surface area (TPSA) is 132 Å². The molecule has 0 unspecified atom stereocenters. The van der Waals surface area contributed by atoms with Gasteiger partial charge in [-0.2, -0.15) is 0 Å². The van der Waals surface area contributed by atoms with E-state index in [-0.39, 0.29) is 37.1 Å². The maximum atomic E-state index is 13.9. The molecule has 0 saturated carbocycles. The van der Waals surface area contributed by atoms with Crippen molar-refractivity contribution in [2.24, 2.45) is 9.98 Å². The van der Waals surface area contributed by atoms with Crippen LogP contribution in [0.15, 0.2) is 76.7 Å². The zero-order valence-electron chi connectivity index (χ0n) is 31.0. The van der Waals surface area contributed by atoms with Crippen molar-refractivity contribution in [3.63, 3.8) is 0 Å². The first-order chi connectivity index (χ1) is 26.9. The number of fused-ring (bicyclic) bond motifs is 6. The summed E-state index contributed by atoms with van der Waals surface area (Å²) < 4.78 is 29.2. The summed E-state index contributed by atoms with van der Waals surface area (Å²) in [4.78, 5) is 40.7. The van der Waals surface area contributed by atoms with E-state index in [4.69, 9.17) is 38.8 Å². The Morgan fingerprint density at radius 3 is 1.73 bits per heavy atom. The highest BCUT2D eigenvalue weighted by atomic mass is 16.5. The van der Waals surface area contributed by atoms with Crippen LogP contribution >= 0.6 is 0 Å². The summed E-state index contributed by atoms with van der Waals surface area (Å²) in [6, 6.07) is 20.8. The van der Waals surface area contributed by atoms with Gasteiger partial charge in [-0.1, -0.05) is 30.3 Å². The molecule has 55 heavy (non-hydrogen) atoms. The van der Waals surface area contributed by atoms with Gasteiger partial charge in [0.2, 0.25) is 0 Å². The number of unbranched alkanes of at least 4 members (excludes halogenated alkanes) is 2. The number of aliphatic hydroxyl groups excluding tert-OH is 1. The maximum Gasteiger partial charge on any atom is 0.257 e. The summed E-state index contributed by atoms with van der Waals surface area (Å²) >= 11 is 0. The smallest absolute Gasteiger partial charge is 0.257 e. The second-order valence-corrected chi connectivity index (χ2v) is 14.0. The zero-order chi connectivity index (χ0) is 37.9. The number of ether oxygens (including phenoxy) is 5. The first kappa shape index (κ1) is 36.1. The lowest BCUT2D eigenvalue weighted by molar-refractivity contribution is 0.0695. The number of hydrogen-bond acceptors (Lipinski definition) is 10. The fourth-order valence-electron chi connectivity index (χ4n) is 7.68. The number of methoxy groups -OCH3 is 2. The number of benzene rings is 4. The van der Waals surface area contributed by atoms with Crippen LogP contribution < -0.4 is 23.7 Å². The summed E-state index contributed by atoms with van der Waals surface area (Å²) in [7, 11) is 3.14. The largest absolute Gasteiger partial charge is 0.493 e. The van der Waals surface area contributed by atoms with E-state index in [1.54, 1.807) is 38.5 Å². The van der Waals surface area contributed by atoms with Crippen LogP contribution in [0, 0.1) is 0 Å². The minimum absolute atomic E-state index is 0.0651. The van der Waals surface area contributed by atoms with Crippen LogP contribution in [0.4, 0.5) is 11.4 Å². The quantitative estimate of drug-likeness (QED) is 0.159. The van der Waals surface area contributed by atoms with E-state index in [1.165, 1.54) is 5.56 Å². The average molecular weight is 745 g/mol. The second-order valence-electron chi connectivity index (χ2n) is 14.0. The zero-order valence-corrected chi connectivity index (χ0v) is 31.0. The van der Waals surface area contributed by atoms with E-state index in [2.05, 4.69) is 12.1 Å². The summed E-state index contributed by atoms with van der Waals surface area (Å²) in [6.45, 7) is 2.01. The molecule has 8 rings (SSSR count). The third-order valence-electron chi connectivity index (χ3n) is 10.6. The number of carbonyl (C=O) groups excluding carboxylic acids is 2. The molecule has 0 radical (unpaired) electrons. The predicted molar refractivity (Wildman–Crippen MR) is 207 cm³/mol. The van der Waals surface area contributed by atoms with E-state index in [0.29, 0.717) is 84.0 Å². The van der Waals surface area contributed by atoms with Gasteiger partial charge in [0.05, 0.1) is 68.6 Å². The van der Waals surface area contributed by atoms with Gasteiger partial charge < -0.3 is 38.6 Å². The summed E-state index contributed by atoms with van der Waals surface area (Å²) in [5.41, 5.74) is 6.64. The number of nitrogens with zero attached hydrogens (tertiary/aromatic N) is 4. The molecule has 0 fully saturated rings. The minimum Gasteiger partial charge on any atom is -0.493 e. The van der Waals surface area contributed by atoms with Crippen molar-refractivity contribution in [1.29, 1.82) is 0 Å². The summed E-state index contributed by atoms with van der Waals surface area (Å²) in [5, 5.41) is 9.13.